The molecule has 0 atom stereocenters. The van der Waals surface area contributed by atoms with Gasteiger partial charge in [0, 0.05) is 17.4 Å². The Morgan fingerprint density at radius 3 is 2.48 bits per heavy atom. The number of para-hydroxylation sites is 1. The number of aryl methyl sites for hydroxylation is 2. The van der Waals surface area contributed by atoms with Crippen molar-refractivity contribution in [3.05, 3.63) is 82.7 Å². The van der Waals surface area contributed by atoms with Crippen molar-refractivity contribution in [2.45, 2.75) is 18.7 Å². The number of carbonyl (C=O) groups is 1. The van der Waals surface area contributed by atoms with E-state index in [4.69, 9.17) is 4.74 Å². The van der Waals surface area contributed by atoms with Gasteiger partial charge in [-0.15, -0.1) is 11.3 Å². The zero-order chi connectivity index (χ0) is 23.8. The van der Waals surface area contributed by atoms with Crippen LogP contribution in [0, 0.1) is 13.8 Å². The van der Waals surface area contributed by atoms with Crippen LogP contribution in [-0.4, -0.2) is 28.5 Å². The summed E-state index contributed by atoms with van der Waals surface area (Å²) in [6.45, 7) is 3.77. The molecule has 4 aromatic rings. The van der Waals surface area contributed by atoms with Crippen LogP contribution in [0.15, 0.2) is 71.6 Å². The molecule has 33 heavy (non-hydrogen) atoms. The molecule has 1 heterocycles. The Balaban J connectivity index is 1.65. The van der Waals surface area contributed by atoms with Crippen LogP contribution in [0.25, 0.3) is 10.1 Å². The van der Waals surface area contributed by atoms with Crippen molar-refractivity contribution >= 4 is 48.7 Å². The molecule has 8 heteroatoms. The zero-order valence-electron chi connectivity index (χ0n) is 18.7. The predicted molar refractivity (Wildman–Crippen MR) is 134 cm³/mol. The summed E-state index contributed by atoms with van der Waals surface area (Å²) >= 11 is 1.36. The van der Waals surface area contributed by atoms with Crippen LogP contribution in [-0.2, 0) is 10.0 Å². The minimum Gasteiger partial charge on any atom is -0.495 e. The van der Waals surface area contributed by atoms with Crippen molar-refractivity contribution in [1.82, 2.24) is 0 Å². The van der Waals surface area contributed by atoms with Crippen LogP contribution in [0.3, 0.4) is 0 Å². The first-order valence-corrected chi connectivity index (χ1v) is 12.5. The highest BCUT2D eigenvalue weighted by molar-refractivity contribution is 7.93. The van der Waals surface area contributed by atoms with E-state index in [0.29, 0.717) is 16.3 Å². The summed E-state index contributed by atoms with van der Waals surface area (Å²) < 4.78 is 34.1. The van der Waals surface area contributed by atoms with Gasteiger partial charge in [0.05, 0.1) is 17.7 Å². The maximum atomic E-state index is 13.3. The number of rotatable bonds is 6. The fraction of sp³-hybridized carbons (Fsp3) is 0.160. The first-order valence-electron chi connectivity index (χ1n) is 10.2. The fourth-order valence-corrected chi connectivity index (χ4v) is 5.87. The van der Waals surface area contributed by atoms with Crippen LogP contribution in [0.2, 0.25) is 0 Å². The fourth-order valence-electron chi connectivity index (χ4n) is 3.51. The number of nitrogens with zero attached hydrogens (tertiary/aromatic N) is 1. The standard InChI is InChI=1S/C25H24N2O4S2/c1-16-9-11-21(31-4)24(13-16)33(29,30)27(3)19-10-12-22-18(14-19)15-23(32-22)25(28)26-20-8-6-5-7-17(20)2/h5-15H,1-4H3,(H,26,28). The number of amides is 1. The number of hydrogen-bond donors (Lipinski definition) is 1. The Kier molecular flexibility index (Phi) is 6.14. The first-order chi connectivity index (χ1) is 15.7. The molecule has 0 fully saturated rings. The highest BCUT2D eigenvalue weighted by atomic mass is 32.2. The van der Waals surface area contributed by atoms with Gasteiger partial charge in [-0.3, -0.25) is 9.10 Å². The molecule has 1 aromatic heterocycles. The minimum absolute atomic E-state index is 0.108. The molecule has 1 N–H and O–H groups in total. The highest BCUT2D eigenvalue weighted by Crippen LogP contribution is 2.34. The van der Waals surface area contributed by atoms with Gasteiger partial charge >= 0.3 is 0 Å². The van der Waals surface area contributed by atoms with Crippen molar-refractivity contribution in [2.75, 3.05) is 23.8 Å². The molecule has 170 valence electrons. The largest absolute Gasteiger partial charge is 0.495 e. The second-order valence-corrected chi connectivity index (χ2v) is 10.8. The predicted octanol–water partition coefficient (Wildman–Crippen LogP) is 5.60. The van der Waals surface area contributed by atoms with Gasteiger partial charge in [0.15, 0.2) is 0 Å². The number of sulfonamides is 1. The van der Waals surface area contributed by atoms with Gasteiger partial charge in [-0.1, -0.05) is 24.3 Å². The maximum Gasteiger partial charge on any atom is 0.267 e. The van der Waals surface area contributed by atoms with Gasteiger partial charge < -0.3 is 10.1 Å². The van der Waals surface area contributed by atoms with E-state index in [-0.39, 0.29) is 10.8 Å². The van der Waals surface area contributed by atoms with E-state index in [2.05, 4.69) is 5.32 Å². The number of carbonyl (C=O) groups excluding carboxylic acids is 1. The molecule has 0 aliphatic heterocycles. The van der Waals surface area contributed by atoms with Crippen LogP contribution in [0.1, 0.15) is 20.8 Å². The van der Waals surface area contributed by atoms with Gasteiger partial charge in [0.25, 0.3) is 15.9 Å². The van der Waals surface area contributed by atoms with E-state index in [9.17, 15) is 13.2 Å². The number of ether oxygens (including phenoxy) is 1. The molecule has 0 aliphatic rings. The lowest BCUT2D eigenvalue weighted by atomic mass is 10.2. The van der Waals surface area contributed by atoms with E-state index in [1.54, 1.807) is 36.4 Å². The second kappa shape index (κ2) is 8.88. The number of nitrogens with one attached hydrogen (secondary N) is 1. The van der Waals surface area contributed by atoms with E-state index in [1.807, 2.05) is 44.2 Å². The molecular weight excluding hydrogens is 456 g/mol. The van der Waals surface area contributed by atoms with E-state index >= 15 is 0 Å². The molecule has 0 unspecified atom stereocenters. The lowest BCUT2D eigenvalue weighted by Gasteiger charge is -2.21. The Labute approximate surface area is 197 Å². The third-order valence-corrected chi connectivity index (χ3v) is 8.36. The highest BCUT2D eigenvalue weighted by Gasteiger charge is 2.26. The molecule has 3 aromatic carbocycles. The van der Waals surface area contributed by atoms with Crippen molar-refractivity contribution in [1.29, 1.82) is 0 Å². The van der Waals surface area contributed by atoms with Gasteiger partial charge in [-0.05, 0) is 72.8 Å². The number of hydrogen-bond acceptors (Lipinski definition) is 5. The molecule has 6 nitrogen and oxygen atoms in total. The van der Waals surface area contributed by atoms with Gasteiger partial charge in [-0.2, -0.15) is 0 Å². The minimum atomic E-state index is -3.85. The topological polar surface area (TPSA) is 75.7 Å². The SMILES string of the molecule is COc1ccc(C)cc1S(=O)(=O)N(C)c1ccc2sc(C(=O)Nc3ccccc3C)cc2c1. The van der Waals surface area contributed by atoms with Crippen LogP contribution >= 0.6 is 11.3 Å². The molecule has 0 saturated heterocycles. The van der Waals surface area contributed by atoms with E-state index in [0.717, 1.165) is 26.9 Å². The Morgan fingerprint density at radius 2 is 1.76 bits per heavy atom. The molecule has 0 spiro atoms. The van der Waals surface area contributed by atoms with Crippen LogP contribution < -0.4 is 14.4 Å². The smallest absolute Gasteiger partial charge is 0.267 e. The second-order valence-electron chi connectivity index (χ2n) is 7.73. The van der Waals surface area contributed by atoms with Gasteiger partial charge in [0.2, 0.25) is 0 Å². The lowest BCUT2D eigenvalue weighted by molar-refractivity contribution is 0.103. The van der Waals surface area contributed by atoms with Gasteiger partial charge in [0.1, 0.15) is 10.6 Å². The van der Waals surface area contributed by atoms with Crippen molar-refractivity contribution in [3.63, 3.8) is 0 Å². The van der Waals surface area contributed by atoms with Crippen molar-refractivity contribution < 1.29 is 17.9 Å². The number of benzene rings is 3. The van der Waals surface area contributed by atoms with Crippen molar-refractivity contribution in [2.24, 2.45) is 0 Å². The molecular formula is C25H24N2O4S2. The molecule has 0 aliphatic carbocycles. The summed E-state index contributed by atoms with van der Waals surface area (Å²) in [5.74, 6) is 0.0942. The summed E-state index contributed by atoms with van der Waals surface area (Å²) in [7, 11) is -0.889. The van der Waals surface area contributed by atoms with E-state index in [1.165, 1.54) is 29.8 Å². The summed E-state index contributed by atoms with van der Waals surface area (Å²) in [6, 6.07) is 19.8. The Morgan fingerprint density at radius 1 is 1.00 bits per heavy atom. The zero-order valence-corrected chi connectivity index (χ0v) is 20.4. The lowest BCUT2D eigenvalue weighted by Crippen LogP contribution is -2.27. The van der Waals surface area contributed by atoms with E-state index < -0.39 is 10.0 Å². The average molecular weight is 481 g/mol. The first kappa shape index (κ1) is 22.8. The number of fused-ring (bicyclic) bond motifs is 1. The summed E-state index contributed by atoms with van der Waals surface area (Å²) in [4.78, 5) is 13.4. The third-order valence-electron chi connectivity index (χ3n) is 5.44. The third kappa shape index (κ3) is 4.44. The monoisotopic (exact) mass is 480 g/mol. The Bertz CT molecular complexity index is 1460. The summed E-state index contributed by atoms with van der Waals surface area (Å²) in [5, 5.41) is 3.74. The average Bonchev–Trinajstić information content (AvgIpc) is 3.23. The normalized spacial score (nSPS) is 11.4. The van der Waals surface area contributed by atoms with Crippen molar-refractivity contribution in [3.8, 4) is 5.75 Å². The maximum absolute atomic E-state index is 13.3. The molecule has 1 amide bonds. The number of methoxy groups -OCH3 is 1. The number of thiophene rings is 1. The molecule has 0 saturated carbocycles. The summed E-state index contributed by atoms with van der Waals surface area (Å²) in [5.41, 5.74) is 3.06. The van der Waals surface area contributed by atoms with Gasteiger partial charge in [-0.25, -0.2) is 8.42 Å². The molecule has 0 bridgehead atoms. The Hall–Kier alpha value is -3.36. The molecule has 0 radical (unpaired) electrons. The van der Waals surface area contributed by atoms with Crippen LogP contribution in [0.5, 0.6) is 5.75 Å². The number of anilines is 2. The molecule has 4 rings (SSSR count). The van der Waals surface area contributed by atoms with Crippen LogP contribution in [0.4, 0.5) is 11.4 Å². The summed E-state index contributed by atoms with van der Waals surface area (Å²) in [6.07, 6.45) is 0. The quantitative estimate of drug-likeness (QED) is 0.390.